The summed E-state index contributed by atoms with van der Waals surface area (Å²) in [5.74, 6) is -0.523. The van der Waals surface area contributed by atoms with Crippen LogP contribution < -0.4 is 22.3 Å². The summed E-state index contributed by atoms with van der Waals surface area (Å²) in [6.07, 6.45) is 9.59. The van der Waals surface area contributed by atoms with Gasteiger partial charge in [0, 0.05) is 18.2 Å². The van der Waals surface area contributed by atoms with Gasteiger partial charge in [-0.2, -0.15) is 0 Å². The first-order valence-corrected chi connectivity index (χ1v) is 13.6. The van der Waals surface area contributed by atoms with Crippen molar-refractivity contribution >= 4 is 12.6 Å². The zero-order chi connectivity index (χ0) is 28.7. The molecule has 2 aliphatic rings. The second-order valence-electron chi connectivity index (χ2n) is 9.76. The molecular formula is C29H49FN6O2. The highest BCUT2D eigenvalue weighted by atomic mass is 19.1. The number of aldehydes is 2. The molecule has 6 N–H and O–H groups in total. The highest BCUT2D eigenvalue weighted by Crippen LogP contribution is 2.24. The zero-order valence-corrected chi connectivity index (χ0v) is 24.1. The van der Waals surface area contributed by atoms with Crippen LogP contribution in [0.3, 0.4) is 0 Å². The number of nitrogens with zero attached hydrogens (tertiary/aromatic N) is 2. The van der Waals surface area contributed by atoms with Crippen LogP contribution in [0.4, 0.5) is 4.39 Å². The number of benzene rings is 1. The van der Waals surface area contributed by atoms with Crippen LogP contribution in [0.5, 0.6) is 0 Å². The van der Waals surface area contributed by atoms with Gasteiger partial charge in [0.15, 0.2) is 6.29 Å². The van der Waals surface area contributed by atoms with Crippen molar-refractivity contribution in [2.75, 3.05) is 40.8 Å². The number of rotatable bonds is 10. The predicted octanol–water partition coefficient (Wildman–Crippen LogP) is 2.79. The summed E-state index contributed by atoms with van der Waals surface area (Å²) < 4.78 is 13.4. The number of carbonyl (C=O) groups is 2. The number of likely N-dealkylation sites (N-methyl/N-ethyl adjacent to an activating group) is 2. The molecule has 1 aliphatic carbocycles. The highest BCUT2D eigenvalue weighted by molar-refractivity contribution is 5.80. The molecule has 0 saturated carbocycles. The van der Waals surface area contributed by atoms with Gasteiger partial charge in [0.05, 0.1) is 17.3 Å². The standard InChI is InChI=1S/C17H19FN2O2.C10H24N4.C2H6/c1-19-20-17(15-5-3-2-4-13(15)10-21)9-12-6-7-16(18)14(8-12)11-22;1-4-13(2)8-10(12)6-5-7-14(3)9(10)11;1-2/h2,4,6-8,10-11,17,19-20H,3,5,9H2,1H3;9H,4-8,11-12H2,1-3H3;1-2H3. The van der Waals surface area contributed by atoms with E-state index in [2.05, 4.69) is 41.7 Å². The third-order valence-corrected chi connectivity index (χ3v) is 7.06. The Balaban J connectivity index is 0.000000389. The van der Waals surface area contributed by atoms with Crippen molar-refractivity contribution in [1.82, 2.24) is 20.7 Å². The van der Waals surface area contributed by atoms with Gasteiger partial charge in [-0.05, 0) is 89.6 Å². The van der Waals surface area contributed by atoms with Gasteiger partial charge in [0.25, 0.3) is 0 Å². The van der Waals surface area contributed by atoms with E-state index in [1.807, 2.05) is 26.0 Å². The van der Waals surface area contributed by atoms with E-state index < -0.39 is 5.82 Å². The largest absolute Gasteiger partial charge is 0.322 e. The average Bonchev–Trinajstić information content (AvgIpc) is 2.93. The van der Waals surface area contributed by atoms with E-state index in [9.17, 15) is 14.0 Å². The van der Waals surface area contributed by atoms with E-state index in [1.54, 1.807) is 19.2 Å². The number of hydrogen-bond donors (Lipinski definition) is 4. The molecule has 214 valence electrons. The molecule has 8 nitrogen and oxygen atoms in total. The summed E-state index contributed by atoms with van der Waals surface area (Å²) in [4.78, 5) is 26.5. The second kappa shape index (κ2) is 17.3. The summed E-state index contributed by atoms with van der Waals surface area (Å²) in [5, 5.41) is 0. The maximum atomic E-state index is 13.4. The Morgan fingerprint density at radius 1 is 1.29 bits per heavy atom. The van der Waals surface area contributed by atoms with Crippen LogP contribution in [-0.2, 0) is 11.2 Å². The van der Waals surface area contributed by atoms with Gasteiger partial charge in [-0.3, -0.25) is 25.3 Å². The third kappa shape index (κ3) is 9.80. The van der Waals surface area contributed by atoms with E-state index in [-0.39, 0.29) is 23.3 Å². The van der Waals surface area contributed by atoms with Crippen LogP contribution in [0.25, 0.3) is 0 Å². The summed E-state index contributed by atoms with van der Waals surface area (Å²) in [5.41, 5.74) is 20.9. The maximum absolute atomic E-state index is 13.4. The summed E-state index contributed by atoms with van der Waals surface area (Å²) in [6.45, 7) is 9.11. The third-order valence-electron chi connectivity index (χ3n) is 7.06. The van der Waals surface area contributed by atoms with E-state index in [0.29, 0.717) is 18.3 Å². The van der Waals surface area contributed by atoms with Crippen LogP contribution in [0.15, 0.2) is 41.5 Å². The molecule has 3 rings (SSSR count). The van der Waals surface area contributed by atoms with Crippen molar-refractivity contribution in [3.05, 3.63) is 58.4 Å². The Morgan fingerprint density at radius 3 is 2.61 bits per heavy atom. The number of nitrogens with one attached hydrogen (secondary N) is 2. The first-order chi connectivity index (χ1) is 18.2. The smallest absolute Gasteiger partial charge is 0.153 e. The molecule has 3 atom stereocenters. The second-order valence-corrected chi connectivity index (χ2v) is 9.76. The number of nitrogens with two attached hydrogens (primary N) is 2. The normalized spacial score (nSPS) is 22.2. The quantitative estimate of drug-likeness (QED) is 0.269. The molecule has 1 heterocycles. The first kappa shape index (κ1) is 33.8. The Hall–Kier alpha value is -2.27. The fraction of sp³-hybridized carbons (Fsp3) is 0.586. The van der Waals surface area contributed by atoms with Crippen molar-refractivity contribution in [3.8, 4) is 0 Å². The van der Waals surface area contributed by atoms with E-state index in [4.69, 9.17) is 11.5 Å². The molecule has 1 saturated heterocycles. The van der Waals surface area contributed by atoms with Gasteiger partial charge in [-0.15, -0.1) is 0 Å². The topological polar surface area (TPSA) is 117 Å². The number of piperidine rings is 1. The minimum absolute atomic E-state index is 0.00903. The molecule has 9 heteroatoms. The lowest BCUT2D eigenvalue weighted by Crippen LogP contribution is -2.68. The highest BCUT2D eigenvalue weighted by Gasteiger charge is 2.38. The van der Waals surface area contributed by atoms with Crippen molar-refractivity contribution < 1.29 is 14.0 Å². The first-order valence-electron chi connectivity index (χ1n) is 13.6. The fourth-order valence-electron chi connectivity index (χ4n) is 4.84. The van der Waals surface area contributed by atoms with Gasteiger partial charge >= 0.3 is 0 Å². The lowest BCUT2D eigenvalue weighted by atomic mass is 9.86. The van der Waals surface area contributed by atoms with Gasteiger partial charge in [-0.1, -0.05) is 39.0 Å². The molecule has 0 bridgehead atoms. The van der Waals surface area contributed by atoms with Crippen LogP contribution in [0, 0.1) is 5.82 Å². The molecule has 1 fully saturated rings. The number of halogens is 1. The Bertz CT molecular complexity index is 938. The van der Waals surface area contributed by atoms with Gasteiger partial charge < -0.3 is 16.4 Å². The van der Waals surface area contributed by atoms with Gasteiger partial charge in [-0.25, -0.2) is 4.39 Å². The number of allylic oxidation sites excluding steroid dienone is 3. The van der Waals surface area contributed by atoms with Crippen LogP contribution in [-0.4, -0.2) is 80.9 Å². The number of hydrogen-bond acceptors (Lipinski definition) is 8. The molecule has 1 aliphatic heterocycles. The summed E-state index contributed by atoms with van der Waals surface area (Å²) >= 11 is 0. The lowest BCUT2D eigenvalue weighted by Gasteiger charge is -2.46. The Labute approximate surface area is 228 Å². The van der Waals surface area contributed by atoms with Gasteiger partial charge in [0.2, 0.25) is 0 Å². The van der Waals surface area contributed by atoms with E-state index in [0.717, 1.165) is 62.7 Å². The molecule has 38 heavy (non-hydrogen) atoms. The predicted molar refractivity (Wildman–Crippen MR) is 154 cm³/mol. The van der Waals surface area contributed by atoms with E-state index >= 15 is 0 Å². The summed E-state index contributed by atoms with van der Waals surface area (Å²) in [7, 11) is 5.90. The average molecular weight is 533 g/mol. The molecule has 0 amide bonds. The molecule has 0 spiro atoms. The number of likely N-dealkylation sites (tertiary alicyclic amines) is 1. The fourth-order valence-corrected chi connectivity index (χ4v) is 4.84. The van der Waals surface area contributed by atoms with Crippen molar-refractivity contribution in [1.29, 1.82) is 0 Å². The van der Waals surface area contributed by atoms with Gasteiger partial charge in [0.1, 0.15) is 12.1 Å². The Kier molecular flexibility index (Phi) is 15.4. The van der Waals surface area contributed by atoms with Crippen molar-refractivity contribution in [2.24, 2.45) is 11.5 Å². The molecular weight excluding hydrogens is 483 g/mol. The minimum atomic E-state index is -0.523. The van der Waals surface area contributed by atoms with Crippen molar-refractivity contribution in [2.45, 2.75) is 70.6 Å². The zero-order valence-electron chi connectivity index (χ0n) is 24.1. The lowest BCUT2D eigenvalue weighted by molar-refractivity contribution is -0.104. The molecule has 1 aromatic carbocycles. The monoisotopic (exact) mass is 532 g/mol. The van der Waals surface area contributed by atoms with Crippen molar-refractivity contribution in [3.63, 3.8) is 0 Å². The summed E-state index contributed by atoms with van der Waals surface area (Å²) in [6, 6.07) is 4.41. The molecule has 3 unspecified atom stereocenters. The molecule has 0 aromatic heterocycles. The SMILES string of the molecule is CC.CCN(C)CC1(N)CCCN(C)C1N.CNNC(Cc1ccc(F)c(C=O)c1)C1=C(C=O)C=CCC1. The molecule has 1 aromatic rings. The van der Waals surface area contributed by atoms with Crippen LogP contribution >= 0.6 is 0 Å². The van der Waals surface area contributed by atoms with Crippen LogP contribution in [0.1, 0.15) is 62.4 Å². The number of hydrazine groups is 1. The number of carbonyl (C=O) groups excluding carboxylic acids is 2. The van der Waals surface area contributed by atoms with Crippen LogP contribution in [0.2, 0.25) is 0 Å². The minimum Gasteiger partial charge on any atom is -0.322 e. The molecule has 0 radical (unpaired) electrons. The van der Waals surface area contributed by atoms with E-state index in [1.165, 1.54) is 6.07 Å². The maximum Gasteiger partial charge on any atom is 0.153 e. The Morgan fingerprint density at radius 2 is 2.00 bits per heavy atom.